The molecule has 1 aromatic carbocycles. The Morgan fingerprint density at radius 2 is 2.13 bits per heavy atom. The van der Waals surface area contributed by atoms with Crippen LogP contribution in [0.25, 0.3) is 0 Å². The molecule has 1 aromatic heterocycles. The molecule has 1 aliphatic rings. The largest absolute Gasteiger partial charge is 0.329 e. The van der Waals surface area contributed by atoms with Crippen LogP contribution >= 0.6 is 35.6 Å². The van der Waals surface area contributed by atoms with Gasteiger partial charge in [-0.15, -0.1) is 12.4 Å². The second-order valence-electron chi connectivity index (χ2n) is 5.13. The Morgan fingerprint density at radius 3 is 2.87 bits per heavy atom. The van der Waals surface area contributed by atoms with Gasteiger partial charge in [0.15, 0.2) is 0 Å². The average molecular weight is 373 g/mol. The second kappa shape index (κ2) is 7.97. The van der Waals surface area contributed by atoms with E-state index in [2.05, 4.69) is 10.3 Å². The predicted octanol–water partition coefficient (Wildman–Crippen LogP) is 3.60. The zero-order valence-electron chi connectivity index (χ0n) is 12.2. The second-order valence-corrected chi connectivity index (χ2v) is 5.97. The summed E-state index contributed by atoms with van der Waals surface area (Å²) >= 11 is 12.2. The Hall–Kier alpha value is -1.33. The molecule has 2 heterocycles. The Kier molecular flexibility index (Phi) is 6.25. The lowest BCUT2D eigenvalue weighted by Crippen LogP contribution is -2.48. The van der Waals surface area contributed by atoms with E-state index in [0.29, 0.717) is 28.7 Å². The molecule has 3 rings (SSSR count). The molecule has 122 valence electrons. The topological polar surface area (TPSA) is 45.2 Å². The number of carbonyl (C=O) groups excluding carboxylic acids is 1. The van der Waals surface area contributed by atoms with Gasteiger partial charge in [-0.05, 0) is 29.8 Å². The van der Waals surface area contributed by atoms with E-state index >= 15 is 0 Å². The first-order valence-electron chi connectivity index (χ1n) is 7.03. The highest BCUT2D eigenvalue weighted by molar-refractivity contribution is 6.35. The fourth-order valence-corrected chi connectivity index (χ4v) is 3.00. The van der Waals surface area contributed by atoms with Crippen LogP contribution in [-0.4, -0.2) is 35.4 Å². The number of nitrogens with one attached hydrogen (secondary N) is 1. The van der Waals surface area contributed by atoms with Gasteiger partial charge in [0.05, 0.1) is 16.6 Å². The Labute approximate surface area is 151 Å². The molecule has 1 saturated heterocycles. The molecule has 1 fully saturated rings. The number of carbonyl (C=O) groups is 1. The van der Waals surface area contributed by atoms with Crippen LogP contribution in [0.1, 0.15) is 22.0 Å². The minimum atomic E-state index is -0.108. The monoisotopic (exact) mass is 371 g/mol. The van der Waals surface area contributed by atoms with E-state index in [9.17, 15) is 4.79 Å². The summed E-state index contributed by atoms with van der Waals surface area (Å²) in [5, 5.41) is 4.23. The molecule has 1 unspecified atom stereocenters. The third-order valence-corrected chi connectivity index (χ3v) is 4.30. The van der Waals surface area contributed by atoms with Gasteiger partial charge in [0.25, 0.3) is 5.91 Å². The molecular weight excluding hydrogens is 357 g/mol. The lowest BCUT2D eigenvalue weighted by Gasteiger charge is -2.36. The lowest BCUT2D eigenvalue weighted by molar-refractivity contribution is 0.0634. The van der Waals surface area contributed by atoms with E-state index < -0.39 is 0 Å². The van der Waals surface area contributed by atoms with Crippen LogP contribution < -0.4 is 5.32 Å². The highest BCUT2D eigenvalue weighted by Crippen LogP contribution is 2.27. The molecule has 0 saturated carbocycles. The first kappa shape index (κ1) is 18.0. The summed E-state index contributed by atoms with van der Waals surface area (Å²) in [4.78, 5) is 18.9. The van der Waals surface area contributed by atoms with Crippen molar-refractivity contribution in [3.8, 4) is 0 Å². The van der Waals surface area contributed by atoms with Crippen molar-refractivity contribution in [3.05, 3.63) is 63.9 Å². The summed E-state index contributed by atoms with van der Waals surface area (Å²) in [6.07, 6.45) is 3.51. The molecule has 0 aliphatic carbocycles. The summed E-state index contributed by atoms with van der Waals surface area (Å²) in [7, 11) is 0. The fourth-order valence-electron chi connectivity index (χ4n) is 2.63. The van der Waals surface area contributed by atoms with Crippen LogP contribution in [0.3, 0.4) is 0 Å². The number of pyridine rings is 1. The molecule has 0 bridgehead atoms. The van der Waals surface area contributed by atoms with E-state index in [-0.39, 0.29) is 24.4 Å². The van der Waals surface area contributed by atoms with E-state index in [1.165, 1.54) is 0 Å². The molecular formula is C16H16Cl3N3O. The molecule has 0 spiro atoms. The van der Waals surface area contributed by atoms with Crippen molar-refractivity contribution in [2.24, 2.45) is 0 Å². The molecule has 1 N–H and O–H groups in total. The maximum Gasteiger partial charge on any atom is 0.256 e. The maximum absolute atomic E-state index is 12.9. The van der Waals surface area contributed by atoms with Crippen LogP contribution in [0, 0.1) is 0 Å². The zero-order valence-corrected chi connectivity index (χ0v) is 14.5. The van der Waals surface area contributed by atoms with Crippen molar-refractivity contribution >= 4 is 41.5 Å². The van der Waals surface area contributed by atoms with Gasteiger partial charge in [-0.3, -0.25) is 9.78 Å². The van der Waals surface area contributed by atoms with E-state index in [4.69, 9.17) is 23.2 Å². The number of aromatic nitrogens is 1. The number of rotatable bonds is 2. The summed E-state index contributed by atoms with van der Waals surface area (Å²) < 4.78 is 0. The van der Waals surface area contributed by atoms with E-state index in [1.54, 1.807) is 30.6 Å². The van der Waals surface area contributed by atoms with Gasteiger partial charge < -0.3 is 10.2 Å². The number of nitrogens with zero attached hydrogens (tertiary/aromatic N) is 2. The Bertz CT molecular complexity index is 682. The molecule has 23 heavy (non-hydrogen) atoms. The fraction of sp³-hybridized carbons (Fsp3) is 0.250. The van der Waals surface area contributed by atoms with Gasteiger partial charge >= 0.3 is 0 Å². The van der Waals surface area contributed by atoms with Crippen LogP contribution in [-0.2, 0) is 0 Å². The van der Waals surface area contributed by atoms with Crippen molar-refractivity contribution < 1.29 is 4.79 Å². The third-order valence-electron chi connectivity index (χ3n) is 3.73. The predicted molar refractivity (Wildman–Crippen MR) is 94.6 cm³/mol. The first-order valence-corrected chi connectivity index (χ1v) is 7.79. The normalized spacial score (nSPS) is 17.5. The summed E-state index contributed by atoms with van der Waals surface area (Å²) in [6, 6.07) is 8.73. The number of hydrogen-bond donors (Lipinski definition) is 1. The van der Waals surface area contributed by atoms with Crippen LogP contribution in [0.15, 0.2) is 42.7 Å². The lowest BCUT2D eigenvalue weighted by atomic mass is 10.0. The maximum atomic E-state index is 12.9. The number of piperazine rings is 1. The molecule has 7 heteroatoms. The molecule has 4 nitrogen and oxygen atoms in total. The highest BCUT2D eigenvalue weighted by atomic mass is 35.5. The third kappa shape index (κ3) is 3.96. The molecule has 2 aromatic rings. The van der Waals surface area contributed by atoms with Crippen molar-refractivity contribution in [3.63, 3.8) is 0 Å². The van der Waals surface area contributed by atoms with Crippen molar-refractivity contribution in [1.82, 2.24) is 15.2 Å². The van der Waals surface area contributed by atoms with Crippen molar-refractivity contribution in [1.29, 1.82) is 0 Å². The Morgan fingerprint density at radius 1 is 1.30 bits per heavy atom. The smallest absolute Gasteiger partial charge is 0.256 e. The minimum Gasteiger partial charge on any atom is -0.329 e. The summed E-state index contributed by atoms with van der Waals surface area (Å²) in [6.45, 7) is 2.05. The number of halogens is 3. The van der Waals surface area contributed by atoms with Gasteiger partial charge in [0.1, 0.15) is 0 Å². The number of benzene rings is 1. The quantitative estimate of drug-likeness (QED) is 0.876. The zero-order chi connectivity index (χ0) is 15.5. The molecule has 1 atom stereocenters. The average Bonchev–Trinajstić information content (AvgIpc) is 2.57. The van der Waals surface area contributed by atoms with Crippen molar-refractivity contribution in [2.45, 2.75) is 6.04 Å². The van der Waals surface area contributed by atoms with Gasteiger partial charge in [-0.1, -0.05) is 29.3 Å². The van der Waals surface area contributed by atoms with Crippen LogP contribution in [0.4, 0.5) is 0 Å². The van der Waals surface area contributed by atoms with Crippen LogP contribution in [0.5, 0.6) is 0 Å². The molecule has 1 amide bonds. The standard InChI is InChI=1S/C16H15Cl2N3O.ClH/c17-12-3-4-14(18)13(8-12)16(22)21-7-6-20-10-15(21)11-2-1-5-19-9-11;/h1-5,8-9,15,20H,6-7,10H2;1H. The molecule has 0 radical (unpaired) electrons. The van der Waals surface area contributed by atoms with Gasteiger partial charge in [0, 0.05) is 37.1 Å². The first-order chi connectivity index (χ1) is 10.7. The molecule has 1 aliphatic heterocycles. The SMILES string of the molecule is Cl.O=C(c1cc(Cl)ccc1Cl)N1CCNCC1c1cccnc1. The van der Waals surface area contributed by atoms with Crippen molar-refractivity contribution in [2.75, 3.05) is 19.6 Å². The minimum absolute atomic E-state index is 0. The summed E-state index contributed by atoms with van der Waals surface area (Å²) in [5.74, 6) is -0.108. The Balaban J connectivity index is 0.00000192. The van der Waals surface area contributed by atoms with Crippen LogP contribution in [0.2, 0.25) is 10.0 Å². The number of hydrogen-bond acceptors (Lipinski definition) is 3. The van der Waals surface area contributed by atoms with E-state index in [0.717, 1.165) is 12.1 Å². The highest BCUT2D eigenvalue weighted by Gasteiger charge is 2.29. The number of amides is 1. The van der Waals surface area contributed by atoms with Gasteiger partial charge in [0.2, 0.25) is 0 Å². The van der Waals surface area contributed by atoms with E-state index in [1.807, 2.05) is 17.0 Å². The van der Waals surface area contributed by atoms with Gasteiger partial charge in [-0.25, -0.2) is 0 Å². The summed E-state index contributed by atoms with van der Waals surface area (Å²) in [5.41, 5.74) is 1.44. The van der Waals surface area contributed by atoms with Gasteiger partial charge in [-0.2, -0.15) is 0 Å².